The molecule has 22 heavy (non-hydrogen) atoms. The van der Waals surface area contributed by atoms with Crippen LogP contribution in [-0.4, -0.2) is 27.2 Å². The number of hydrogen-bond acceptors (Lipinski definition) is 4. The van der Waals surface area contributed by atoms with Crippen LogP contribution in [0.2, 0.25) is 0 Å². The normalized spacial score (nSPS) is 10.1. The average Bonchev–Trinajstić information content (AvgIpc) is 2.59. The summed E-state index contributed by atoms with van der Waals surface area (Å²) in [5.74, 6) is 0.598. The van der Waals surface area contributed by atoms with E-state index in [2.05, 4.69) is 16.1 Å². The SMILES string of the molecule is CNc1cccc(-c2ccc(CCC(=O)OC)cc2OC)c1. The molecule has 0 aromatic heterocycles. The van der Waals surface area contributed by atoms with E-state index in [0.29, 0.717) is 12.8 Å². The molecule has 0 amide bonds. The van der Waals surface area contributed by atoms with Gasteiger partial charge in [0.1, 0.15) is 5.75 Å². The maximum absolute atomic E-state index is 11.2. The van der Waals surface area contributed by atoms with E-state index in [1.165, 1.54) is 7.11 Å². The van der Waals surface area contributed by atoms with E-state index in [1.807, 2.05) is 43.4 Å². The topological polar surface area (TPSA) is 47.6 Å². The van der Waals surface area contributed by atoms with Crippen molar-refractivity contribution in [3.05, 3.63) is 48.0 Å². The van der Waals surface area contributed by atoms with Crippen molar-refractivity contribution in [3.63, 3.8) is 0 Å². The molecule has 0 aliphatic carbocycles. The molecule has 1 N–H and O–H groups in total. The highest BCUT2D eigenvalue weighted by Gasteiger charge is 2.09. The van der Waals surface area contributed by atoms with Crippen molar-refractivity contribution in [1.82, 2.24) is 0 Å². The molecule has 0 aliphatic heterocycles. The highest BCUT2D eigenvalue weighted by Crippen LogP contribution is 2.32. The van der Waals surface area contributed by atoms with E-state index in [0.717, 1.165) is 28.1 Å². The third-order valence-corrected chi connectivity index (χ3v) is 3.57. The molecule has 0 aliphatic rings. The van der Waals surface area contributed by atoms with Gasteiger partial charge in [0, 0.05) is 24.7 Å². The molecule has 4 nitrogen and oxygen atoms in total. The lowest BCUT2D eigenvalue weighted by Crippen LogP contribution is -2.02. The van der Waals surface area contributed by atoms with Gasteiger partial charge in [0.05, 0.1) is 14.2 Å². The van der Waals surface area contributed by atoms with Gasteiger partial charge in [0.25, 0.3) is 0 Å². The Morgan fingerprint density at radius 2 is 1.95 bits per heavy atom. The molecule has 0 atom stereocenters. The zero-order valence-corrected chi connectivity index (χ0v) is 13.2. The van der Waals surface area contributed by atoms with Gasteiger partial charge < -0.3 is 14.8 Å². The molecule has 2 rings (SSSR count). The van der Waals surface area contributed by atoms with Crippen molar-refractivity contribution < 1.29 is 14.3 Å². The quantitative estimate of drug-likeness (QED) is 0.829. The fourth-order valence-corrected chi connectivity index (χ4v) is 2.32. The lowest BCUT2D eigenvalue weighted by atomic mass is 10.0. The minimum atomic E-state index is -0.204. The van der Waals surface area contributed by atoms with Gasteiger partial charge in [-0.3, -0.25) is 4.79 Å². The predicted molar refractivity (Wildman–Crippen MR) is 88.3 cm³/mol. The Kier molecular flexibility index (Phi) is 5.42. The Morgan fingerprint density at radius 3 is 2.64 bits per heavy atom. The van der Waals surface area contributed by atoms with Crippen LogP contribution in [0.1, 0.15) is 12.0 Å². The molecule has 2 aromatic carbocycles. The summed E-state index contributed by atoms with van der Waals surface area (Å²) >= 11 is 0. The third-order valence-electron chi connectivity index (χ3n) is 3.57. The Hall–Kier alpha value is -2.49. The number of benzene rings is 2. The lowest BCUT2D eigenvalue weighted by molar-refractivity contribution is -0.140. The first-order valence-corrected chi connectivity index (χ1v) is 7.20. The van der Waals surface area contributed by atoms with Crippen LogP contribution >= 0.6 is 0 Å². The predicted octanol–water partition coefficient (Wildman–Crippen LogP) is 3.51. The van der Waals surface area contributed by atoms with E-state index >= 15 is 0 Å². The smallest absolute Gasteiger partial charge is 0.305 e. The lowest BCUT2D eigenvalue weighted by Gasteiger charge is -2.12. The van der Waals surface area contributed by atoms with Crippen LogP contribution in [0, 0.1) is 0 Å². The van der Waals surface area contributed by atoms with E-state index < -0.39 is 0 Å². The van der Waals surface area contributed by atoms with Crippen LogP contribution in [0.3, 0.4) is 0 Å². The summed E-state index contributed by atoms with van der Waals surface area (Å²) in [6.45, 7) is 0. The van der Waals surface area contributed by atoms with Gasteiger partial charge in [-0.15, -0.1) is 0 Å². The van der Waals surface area contributed by atoms with Gasteiger partial charge in [-0.25, -0.2) is 0 Å². The van der Waals surface area contributed by atoms with Crippen LogP contribution in [0.15, 0.2) is 42.5 Å². The van der Waals surface area contributed by atoms with Crippen LogP contribution in [-0.2, 0) is 16.0 Å². The van der Waals surface area contributed by atoms with Crippen molar-refractivity contribution in [2.24, 2.45) is 0 Å². The monoisotopic (exact) mass is 299 g/mol. The molecule has 0 spiro atoms. The molecular formula is C18H21NO3. The zero-order chi connectivity index (χ0) is 15.9. The molecule has 0 heterocycles. The number of carbonyl (C=O) groups excluding carboxylic acids is 1. The summed E-state index contributed by atoms with van der Waals surface area (Å²) in [4.78, 5) is 11.2. The maximum Gasteiger partial charge on any atom is 0.305 e. The number of aryl methyl sites for hydroxylation is 1. The molecule has 0 unspecified atom stereocenters. The van der Waals surface area contributed by atoms with E-state index in [4.69, 9.17) is 4.74 Å². The van der Waals surface area contributed by atoms with Crippen molar-refractivity contribution in [2.45, 2.75) is 12.8 Å². The Morgan fingerprint density at radius 1 is 1.14 bits per heavy atom. The first-order valence-electron chi connectivity index (χ1n) is 7.20. The van der Waals surface area contributed by atoms with Gasteiger partial charge in [-0.1, -0.05) is 24.3 Å². The zero-order valence-electron chi connectivity index (χ0n) is 13.2. The highest BCUT2D eigenvalue weighted by atomic mass is 16.5. The molecular weight excluding hydrogens is 278 g/mol. The van der Waals surface area contributed by atoms with E-state index in [-0.39, 0.29) is 5.97 Å². The Labute approximate surface area is 131 Å². The number of hydrogen-bond donors (Lipinski definition) is 1. The first kappa shape index (κ1) is 15.9. The third kappa shape index (κ3) is 3.79. The van der Waals surface area contributed by atoms with Crippen LogP contribution in [0.5, 0.6) is 5.75 Å². The second-order valence-electron chi connectivity index (χ2n) is 4.94. The number of rotatable bonds is 6. The minimum Gasteiger partial charge on any atom is -0.496 e. The van der Waals surface area contributed by atoms with Crippen molar-refractivity contribution in [1.29, 1.82) is 0 Å². The summed E-state index contributed by atoms with van der Waals surface area (Å²) in [5, 5.41) is 3.13. The Bertz CT molecular complexity index is 653. The minimum absolute atomic E-state index is 0.204. The van der Waals surface area contributed by atoms with Gasteiger partial charge >= 0.3 is 5.97 Å². The van der Waals surface area contributed by atoms with E-state index in [1.54, 1.807) is 7.11 Å². The summed E-state index contributed by atoms with van der Waals surface area (Å²) in [7, 11) is 4.96. The van der Waals surface area contributed by atoms with Gasteiger partial charge in [0.2, 0.25) is 0 Å². The number of methoxy groups -OCH3 is 2. The number of anilines is 1. The van der Waals surface area contributed by atoms with Gasteiger partial charge in [0.15, 0.2) is 0 Å². The molecule has 4 heteroatoms. The molecule has 0 radical (unpaired) electrons. The maximum atomic E-state index is 11.2. The van der Waals surface area contributed by atoms with Crippen molar-refractivity contribution in [2.75, 3.05) is 26.6 Å². The fourth-order valence-electron chi connectivity index (χ4n) is 2.32. The standard InChI is InChI=1S/C18H21NO3/c1-19-15-6-4-5-14(12-15)16-9-7-13(11-17(16)21-2)8-10-18(20)22-3/h4-7,9,11-12,19H,8,10H2,1-3H3. The number of carbonyl (C=O) groups is 1. The second kappa shape index (κ2) is 7.50. The summed E-state index contributed by atoms with van der Waals surface area (Å²) in [6, 6.07) is 14.2. The number of nitrogens with one attached hydrogen (secondary N) is 1. The van der Waals surface area contributed by atoms with Gasteiger partial charge in [-0.2, -0.15) is 0 Å². The Balaban J connectivity index is 2.27. The average molecular weight is 299 g/mol. The van der Waals surface area contributed by atoms with Crippen LogP contribution in [0.25, 0.3) is 11.1 Å². The van der Waals surface area contributed by atoms with Crippen molar-refractivity contribution in [3.8, 4) is 16.9 Å². The molecule has 2 aromatic rings. The number of esters is 1. The molecule has 0 saturated heterocycles. The highest BCUT2D eigenvalue weighted by molar-refractivity contribution is 5.74. The summed E-state index contributed by atoms with van der Waals surface area (Å²) in [6.07, 6.45) is 1.01. The molecule has 0 saturated carbocycles. The summed E-state index contributed by atoms with van der Waals surface area (Å²) < 4.78 is 10.2. The number of ether oxygens (including phenoxy) is 2. The molecule has 0 bridgehead atoms. The van der Waals surface area contributed by atoms with Gasteiger partial charge in [-0.05, 0) is 35.7 Å². The molecule has 0 fully saturated rings. The molecule has 116 valence electrons. The second-order valence-corrected chi connectivity index (χ2v) is 4.94. The van der Waals surface area contributed by atoms with Crippen LogP contribution in [0.4, 0.5) is 5.69 Å². The van der Waals surface area contributed by atoms with Crippen molar-refractivity contribution >= 4 is 11.7 Å². The van der Waals surface area contributed by atoms with E-state index in [9.17, 15) is 4.79 Å². The fraction of sp³-hybridized carbons (Fsp3) is 0.278. The first-order chi connectivity index (χ1) is 10.7. The largest absolute Gasteiger partial charge is 0.496 e. The summed E-state index contributed by atoms with van der Waals surface area (Å²) in [5.41, 5.74) is 4.22. The van der Waals surface area contributed by atoms with Crippen LogP contribution < -0.4 is 10.1 Å².